The van der Waals surface area contributed by atoms with Gasteiger partial charge in [0.2, 0.25) is 5.91 Å². The number of nitrogens with zero attached hydrogens (tertiary/aromatic N) is 2. The molecular formula is C27H28N4O3S2. The standard InChI is InChI=1S/C27H28N4O3S2/c1-13-9-10-17(11-14(13)2)20-16(4)35-25-22(20)27(34)31(12-29-25)15(3)24(33)30-26-21(23(28)32)18-7-5-6-8-19(18)36-26/h9-12,15H,5-8H2,1-4H3,(H2,28,32)(H,30,33). The van der Waals surface area contributed by atoms with Crippen LogP contribution in [-0.2, 0) is 17.6 Å². The summed E-state index contributed by atoms with van der Waals surface area (Å²) in [5, 5.41) is 3.87. The summed E-state index contributed by atoms with van der Waals surface area (Å²) in [6.45, 7) is 7.76. The number of hydrogen-bond donors (Lipinski definition) is 2. The third-order valence-corrected chi connectivity index (χ3v) is 9.28. The number of benzene rings is 1. The van der Waals surface area contributed by atoms with Gasteiger partial charge < -0.3 is 11.1 Å². The zero-order valence-electron chi connectivity index (χ0n) is 20.7. The van der Waals surface area contributed by atoms with Crippen molar-refractivity contribution in [3.8, 4) is 11.1 Å². The van der Waals surface area contributed by atoms with E-state index in [-0.39, 0.29) is 11.5 Å². The molecule has 1 aliphatic carbocycles. The Balaban J connectivity index is 1.53. The highest BCUT2D eigenvalue weighted by atomic mass is 32.1. The maximum absolute atomic E-state index is 13.7. The van der Waals surface area contributed by atoms with Crippen LogP contribution in [0, 0.1) is 20.8 Å². The van der Waals surface area contributed by atoms with E-state index in [0.29, 0.717) is 20.8 Å². The van der Waals surface area contributed by atoms with Crippen molar-refractivity contribution in [2.75, 3.05) is 5.32 Å². The molecule has 3 N–H and O–H groups in total. The largest absolute Gasteiger partial charge is 0.365 e. The van der Waals surface area contributed by atoms with Gasteiger partial charge in [-0.25, -0.2) is 4.98 Å². The molecule has 0 spiro atoms. The molecule has 4 aromatic rings. The summed E-state index contributed by atoms with van der Waals surface area (Å²) in [6.07, 6.45) is 5.15. The van der Waals surface area contributed by atoms with E-state index in [1.807, 2.05) is 13.0 Å². The Morgan fingerprint density at radius 1 is 1.11 bits per heavy atom. The number of carbonyl (C=O) groups is 2. The Hall–Kier alpha value is -3.30. The van der Waals surface area contributed by atoms with Gasteiger partial charge in [0.1, 0.15) is 15.9 Å². The quantitative estimate of drug-likeness (QED) is 0.373. The van der Waals surface area contributed by atoms with Crippen LogP contribution in [0.25, 0.3) is 21.3 Å². The fourth-order valence-electron chi connectivity index (χ4n) is 4.89. The minimum absolute atomic E-state index is 0.263. The van der Waals surface area contributed by atoms with E-state index in [4.69, 9.17) is 5.73 Å². The third-order valence-electron chi connectivity index (χ3n) is 7.06. The van der Waals surface area contributed by atoms with Crippen LogP contribution in [0.15, 0.2) is 29.3 Å². The maximum atomic E-state index is 13.7. The van der Waals surface area contributed by atoms with Crippen molar-refractivity contribution in [3.05, 3.63) is 66.9 Å². The van der Waals surface area contributed by atoms with Gasteiger partial charge in [-0.05, 0) is 75.6 Å². The first-order valence-corrected chi connectivity index (χ1v) is 13.6. The van der Waals surface area contributed by atoms with Crippen molar-refractivity contribution in [3.63, 3.8) is 0 Å². The van der Waals surface area contributed by atoms with Gasteiger partial charge in [-0.15, -0.1) is 22.7 Å². The van der Waals surface area contributed by atoms with Crippen molar-refractivity contribution in [2.45, 2.75) is 59.4 Å². The number of carbonyl (C=O) groups excluding carboxylic acids is 2. The monoisotopic (exact) mass is 520 g/mol. The fourth-order valence-corrected chi connectivity index (χ4v) is 7.19. The summed E-state index contributed by atoms with van der Waals surface area (Å²) >= 11 is 2.88. The normalized spacial score (nSPS) is 14.0. The van der Waals surface area contributed by atoms with Crippen LogP contribution in [0.4, 0.5) is 5.00 Å². The summed E-state index contributed by atoms with van der Waals surface area (Å²) in [5.41, 5.74) is 10.9. The van der Waals surface area contributed by atoms with Crippen LogP contribution < -0.4 is 16.6 Å². The van der Waals surface area contributed by atoms with E-state index >= 15 is 0 Å². The van der Waals surface area contributed by atoms with Gasteiger partial charge in [0, 0.05) is 15.3 Å². The molecule has 1 aliphatic rings. The van der Waals surface area contributed by atoms with E-state index in [2.05, 4.69) is 36.3 Å². The lowest BCUT2D eigenvalue weighted by atomic mass is 9.95. The molecule has 0 saturated carbocycles. The summed E-state index contributed by atoms with van der Waals surface area (Å²) in [6, 6.07) is 5.33. The number of primary amides is 1. The summed E-state index contributed by atoms with van der Waals surface area (Å²) in [7, 11) is 0. The second-order valence-electron chi connectivity index (χ2n) is 9.41. The van der Waals surface area contributed by atoms with Gasteiger partial charge in [-0.3, -0.25) is 19.0 Å². The first-order valence-electron chi connectivity index (χ1n) is 12.0. The molecule has 1 atom stereocenters. The summed E-state index contributed by atoms with van der Waals surface area (Å²) in [4.78, 5) is 46.5. The Labute approximate surface area is 217 Å². The average Bonchev–Trinajstić information content (AvgIpc) is 3.37. The Morgan fingerprint density at radius 3 is 2.58 bits per heavy atom. The molecule has 5 rings (SSSR count). The van der Waals surface area contributed by atoms with Crippen LogP contribution in [0.5, 0.6) is 0 Å². The average molecular weight is 521 g/mol. The molecule has 0 saturated heterocycles. The molecular weight excluding hydrogens is 492 g/mol. The molecule has 0 aliphatic heterocycles. The summed E-state index contributed by atoms with van der Waals surface area (Å²) in [5.74, 6) is -0.927. The lowest BCUT2D eigenvalue weighted by molar-refractivity contribution is -0.118. The SMILES string of the molecule is Cc1ccc(-c2c(C)sc3ncn(C(C)C(=O)Nc4sc5c(c4C(N)=O)CCCC5)c(=O)c23)cc1C. The smallest absolute Gasteiger partial charge is 0.263 e. The van der Waals surface area contributed by atoms with Crippen LogP contribution in [-0.4, -0.2) is 21.4 Å². The number of hydrogen-bond acceptors (Lipinski definition) is 6. The van der Waals surface area contributed by atoms with Gasteiger partial charge >= 0.3 is 0 Å². The molecule has 0 radical (unpaired) electrons. The van der Waals surface area contributed by atoms with Gasteiger partial charge in [0.05, 0.1) is 17.3 Å². The summed E-state index contributed by atoms with van der Waals surface area (Å²) < 4.78 is 1.37. The number of anilines is 1. The zero-order chi connectivity index (χ0) is 25.7. The van der Waals surface area contributed by atoms with E-state index in [0.717, 1.165) is 57.7 Å². The van der Waals surface area contributed by atoms with Crippen molar-refractivity contribution < 1.29 is 9.59 Å². The highest BCUT2D eigenvalue weighted by molar-refractivity contribution is 7.19. The number of aryl methyl sites for hydroxylation is 4. The molecule has 2 amide bonds. The Bertz CT molecular complexity index is 1590. The molecule has 7 nitrogen and oxygen atoms in total. The number of amides is 2. The molecule has 1 unspecified atom stereocenters. The first kappa shape index (κ1) is 24.4. The van der Waals surface area contributed by atoms with Crippen LogP contribution in [0.1, 0.15) is 62.6 Å². The highest BCUT2D eigenvalue weighted by Gasteiger charge is 2.27. The molecule has 3 heterocycles. The van der Waals surface area contributed by atoms with Crippen molar-refractivity contribution in [1.82, 2.24) is 9.55 Å². The Kier molecular flexibility index (Phi) is 6.30. The minimum atomic E-state index is -0.831. The molecule has 9 heteroatoms. The number of thiophene rings is 2. The third kappa shape index (κ3) is 4.06. The molecule has 3 aromatic heterocycles. The van der Waals surface area contributed by atoms with Crippen LogP contribution >= 0.6 is 22.7 Å². The van der Waals surface area contributed by atoms with Gasteiger partial charge in [0.25, 0.3) is 11.5 Å². The maximum Gasteiger partial charge on any atom is 0.263 e. The number of rotatable bonds is 5. The van der Waals surface area contributed by atoms with E-state index in [9.17, 15) is 14.4 Å². The van der Waals surface area contributed by atoms with Crippen molar-refractivity contribution in [1.29, 1.82) is 0 Å². The van der Waals surface area contributed by atoms with Crippen molar-refractivity contribution in [2.24, 2.45) is 5.73 Å². The zero-order valence-corrected chi connectivity index (χ0v) is 22.4. The molecule has 0 fully saturated rings. The van der Waals surface area contributed by atoms with E-state index in [1.54, 1.807) is 6.92 Å². The van der Waals surface area contributed by atoms with Crippen molar-refractivity contribution >= 4 is 49.7 Å². The lowest BCUT2D eigenvalue weighted by Gasteiger charge is -2.15. The predicted molar refractivity (Wildman–Crippen MR) is 146 cm³/mol. The number of nitrogens with two attached hydrogens (primary N) is 1. The molecule has 0 bridgehead atoms. The predicted octanol–water partition coefficient (Wildman–Crippen LogP) is 5.29. The molecule has 186 valence electrons. The highest BCUT2D eigenvalue weighted by Crippen LogP contribution is 2.39. The van der Waals surface area contributed by atoms with Gasteiger partial charge in [0.15, 0.2) is 0 Å². The van der Waals surface area contributed by atoms with Gasteiger partial charge in [-0.2, -0.15) is 0 Å². The van der Waals surface area contributed by atoms with E-state index < -0.39 is 11.9 Å². The molecule has 36 heavy (non-hydrogen) atoms. The fraction of sp³-hybridized carbons (Fsp3) is 0.333. The molecule has 1 aromatic carbocycles. The van der Waals surface area contributed by atoms with Gasteiger partial charge in [-0.1, -0.05) is 18.2 Å². The van der Waals surface area contributed by atoms with Crippen LogP contribution in [0.3, 0.4) is 0 Å². The second kappa shape index (κ2) is 9.29. The second-order valence-corrected chi connectivity index (χ2v) is 11.7. The lowest BCUT2D eigenvalue weighted by Crippen LogP contribution is -2.32. The minimum Gasteiger partial charge on any atom is -0.365 e. The number of nitrogens with one attached hydrogen (secondary N) is 1. The number of aromatic nitrogens is 2. The van der Waals surface area contributed by atoms with Crippen LogP contribution in [0.2, 0.25) is 0 Å². The number of fused-ring (bicyclic) bond motifs is 2. The Morgan fingerprint density at radius 2 is 1.86 bits per heavy atom. The topological polar surface area (TPSA) is 107 Å². The van der Waals surface area contributed by atoms with E-state index in [1.165, 1.54) is 39.1 Å². The first-order chi connectivity index (χ1) is 17.2.